The lowest BCUT2D eigenvalue weighted by molar-refractivity contribution is 0.0470. The van der Waals surface area contributed by atoms with Gasteiger partial charge < -0.3 is 10.6 Å². The van der Waals surface area contributed by atoms with Gasteiger partial charge >= 0.3 is 0 Å². The van der Waals surface area contributed by atoms with Crippen LogP contribution in [0.5, 0.6) is 0 Å². The minimum atomic E-state index is 0.668. The summed E-state index contributed by atoms with van der Waals surface area (Å²) in [6.07, 6.45) is 2.68. The second-order valence-electron chi connectivity index (χ2n) is 5.22. The molecule has 2 aliphatic rings. The highest BCUT2D eigenvalue weighted by molar-refractivity contribution is 5.47. The van der Waals surface area contributed by atoms with E-state index in [0.29, 0.717) is 11.5 Å². The molecule has 1 heterocycles. The van der Waals surface area contributed by atoms with Crippen molar-refractivity contribution in [1.82, 2.24) is 5.32 Å². The van der Waals surface area contributed by atoms with E-state index in [1.54, 1.807) is 0 Å². The van der Waals surface area contributed by atoms with Crippen LogP contribution in [0, 0.1) is 12.3 Å². The minimum Gasteiger partial charge on any atom is -0.382 e. The maximum atomic E-state index is 3.61. The normalized spacial score (nSPS) is 23.3. The van der Waals surface area contributed by atoms with Gasteiger partial charge in [-0.2, -0.15) is 0 Å². The zero-order valence-corrected chi connectivity index (χ0v) is 9.22. The summed E-state index contributed by atoms with van der Waals surface area (Å²) in [5, 5.41) is 6.98. The van der Waals surface area contributed by atoms with E-state index in [2.05, 4.69) is 41.8 Å². The van der Waals surface area contributed by atoms with Crippen LogP contribution in [0.3, 0.4) is 0 Å². The molecule has 0 bridgehead atoms. The molecule has 15 heavy (non-hydrogen) atoms. The minimum absolute atomic E-state index is 0.668. The van der Waals surface area contributed by atoms with Gasteiger partial charge in [0.15, 0.2) is 0 Å². The van der Waals surface area contributed by atoms with Gasteiger partial charge in [-0.15, -0.1) is 0 Å². The first-order valence-corrected chi connectivity index (χ1v) is 5.80. The van der Waals surface area contributed by atoms with Crippen molar-refractivity contribution >= 4 is 5.69 Å². The SMILES string of the molecule is Cc1cccc(NC2CC3(CNC3)C2)c1. The fourth-order valence-electron chi connectivity index (χ4n) is 2.83. The lowest BCUT2D eigenvalue weighted by atomic mass is 9.61. The molecule has 1 aromatic rings. The van der Waals surface area contributed by atoms with Crippen molar-refractivity contribution in [2.75, 3.05) is 18.4 Å². The second-order valence-corrected chi connectivity index (χ2v) is 5.22. The predicted molar refractivity (Wildman–Crippen MR) is 63.1 cm³/mol. The fourth-order valence-corrected chi connectivity index (χ4v) is 2.83. The first-order chi connectivity index (χ1) is 7.26. The number of benzene rings is 1. The van der Waals surface area contributed by atoms with Gasteiger partial charge in [0.2, 0.25) is 0 Å². The molecule has 1 saturated heterocycles. The molecule has 1 spiro atoms. The zero-order chi connectivity index (χ0) is 10.3. The molecule has 0 aromatic heterocycles. The third-order valence-electron chi connectivity index (χ3n) is 3.75. The highest BCUT2D eigenvalue weighted by Gasteiger charge is 2.48. The molecule has 3 rings (SSSR count). The van der Waals surface area contributed by atoms with Crippen molar-refractivity contribution in [3.05, 3.63) is 29.8 Å². The predicted octanol–water partition coefficient (Wildman–Crippen LogP) is 2.16. The molecule has 2 fully saturated rings. The average molecular weight is 202 g/mol. The van der Waals surface area contributed by atoms with Crippen molar-refractivity contribution in [1.29, 1.82) is 0 Å². The standard InChI is InChI=1S/C13H18N2/c1-10-3-2-4-11(5-10)15-12-6-13(7-12)8-14-9-13/h2-5,12,14-15H,6-9H2,1H3. The molecule has 0 atom stereocenters. The van der Waals surface area contributed by atoms with Crippen LogP contribution in [0.15, 0.2) is 24.3 Å². The Hall–Kier alpha value is -1.02. The summed E-state index contributed by atoms with van der Waals surface area (Å²) in [6.45, 7) is 4.61. The van der Waals surface area contributed by atoms with Crippen molar-refractivity contribution in [2.24, 2.45) is 5.41 Å². The Morgan fingerprint density at radius 3 is 2.73 bits per heavy atom. The summed E-state index contributed by atoms with van der Waals surface area (Å²) in [7, 11) is 0. The summed E-state index contributed by atoms with van der Waals surface area (Å²) in [4.78, 5) is 0. The van der Waals surface area contributed by atoms with Crippen molar-refractivity contribution in [3.8, 4) is 0 Å². The van der Waals surface area contributed by atoms with Crippen LogP contribution in [0.25, 0.3) is 0 Å². The summed E-state index contributed by atoms with van der Waals surface area (Å²) < 4.78 is 0. The maximum Gasteiger partial charge on any atom is 0.0344 e. The number of aryl methyl sites for hydroxylation is 1. The Morgan fingerprint density at radius 2 is 2.13 bits per heavy atom. The third kappa shape index (κ3) is 1.63. The van der Waals surface area contributed by atoms with Gasteiger partial charge in [0.1, 0.15) is 0 Å². The van der Waals surface area contributed by atoms with Crippen LogP contribution in [-0.4, -0.2) is 19.1 Å². The Bertz CT molecular complexity index is 361. The van der Waals surface area contributed by atoms with Crippen LogP contribution in [0.2, 0.25) is 0 Å². The van der Waals surface area contributed by atoms with Gasteiger partial charge in [0, 0.05) is 24.8 Å². The van der Waals surface area contributed by atoms with Crippen molar-refractivity contribution < 1.29 is 0 Å². The molecule has 0 unspecified atom stereocenters. The maximum absolute atomic E-state index is 3.61. The Labute approximate surface area is 91.1 Å². The van der Waals surface area contributed by atoms with Crippen LogP contribution < -0.4 is 10.6 Å². The van der Waals surface area contributed by atoms with Gasteiger partial charge in [0.05, 0.1) is 0 Å². The van der Waals surface area contributed by atoms with Gasteiger partial charge in [0.25, 0.3) is 0 Å². The lowest BCUT2D eigenvalue weighted by Crippen LogP contribution is -2.63. The van der Waals surface area contributed by atoms with E-state index in [1.165, 1.54) is 37.2 Å². The molecule has 1 aliphatic heterocycles. The Morgan fingerprint density at radius 1 is 1.33 bits per heavy atom. The number of hydrogen-bond acceptors (Lipinski definition) is 2. The quantitative estimate of drug-likeness (QED) is 0.768. The van der Waals surface area contributed by atoms with Crippen LogP contribution in [-0.2, 0) is 0 Å². The van der Waals surface area contributed by atoms with Gasteiger partial charge in [-0.05, 0) is 42.9 Å². The molecular formula is C13H18N2. The van der Waals surface area contributed by atoms with Crippen molar-refractivity contribution in [3.63, 3.8) is 0 Å². The number of nitrogens with one attached hydrogen (secondary N) is 2. The monoisotopic (exact) mass is 202 g/mol. The molecule has 2 N–H and O–H groups in total. The van der Waals surface area contributed by atoms with Gasteiger partial charge in [-0.3, -0.25) is 0 Å². The van der Waals surface area contributed by atoms with E-state index >= 15 is 0 Å². The van der Waals surface area contributed by atoms with Crippen LogP contribution >= 0.6 is 0 Å². The largest absolute Gasteiger partial charge is 0.382 e. The zero-order valence-electron chi connectivity index (χ0n) is 9.22. The average Bonchev–Trinajstić information content (AvgIpc) is 2.07. The van der Waals surface area contributed by atoms with E-state index in [9.17, 15) is 0 Å². The van der Waals surface area contributed by atoms with Crippen LogP contribution in [0.1, 0.15) is 18.4 Å². The summed E-state index contributed by atoms with van der Waals surface area (Å²) in [5.41, 5.74) is 3.28. The Kier molecular flexibility index (Phi) is 1.99. The van der Waals surface area contributed by atoms with Gasteiger partial charge in [-0.25, -0.2) is 0 Å². The molecule has 0 amide bonds. The molecule has 1 aliphatic carbocycles. The highest BCUT2D eigenvalue weighted by Crippen LogP contribution is 2.45. The number of anilines is 1. The smallest absolute Gasteiger partial charge is 0.0344 e. The summed E-state index contributed by atoms with van der Waals surface area (Å²) in [5.74, 6) is 0. The molecule has 2 nitrogen and oxygen atoms in total. The second kappa shape index (κ2) is 3.24. The first kappa shape index (κ1) is 9.22. The number of rotatable bonds is 2. The molecule has 0 radical (unpaired) electrons. The summed E-state index contributed by atoms with van der Waals surface area (Å²) in [6, 6.07) is 9.36. The van der Waals surface area contributed by atoms with E-state index < -0.39 is 0 Å². The Balaban J connectivity index is 1.58. The number of hydrogen-bond donors (Lipinski definition) is 2. The van der Waals surface area contributed by atoms with Crippen LogP contribution in [0.4, 0.5) is 5.69 Å². The molecule has 80 valence electrons. The molecule has 2 heteroatoms. The van der Waals surface area contributed by atoms with Gasteiger partial charge in [-0.1, -0.05) is 12.1 Å². The topological polar surface area (TPSA) is 24.1 Å². The van der Waals surface area contributed by atoms with Crippen molar-refractivity contribution in [2.45, 2.75) is 25.8 Å². The third-order valence-corrected chi connectivity index (χ3v) is 3.75. The van der Waals surface area contributed by atoms with E-state index in [0.717, 1.165) is 0 Å². The molecule has 1 aromatic carbocycles. The van der Waals surface area contributed by atoms with E-state index in [4.69, 9.17) is 0 Å². The molecule has 1 saturated carbocycles. The fraction of sp³-hybridized carbons (Fsp3) is 0.538. The van der Waals surface area contributed by atoms with E-state index in [-0.39, 0.29) is 0 Å². The molecular weight excluding hydrogens is 184 g/mol. The highest BCUT2D eigenvalue weighted by atomic mass is 15.0. The van der Waals surface area contributed by atoms with E-state index in [1.807, 2.05) is 0 Å². The summed E-state index contributed by atoms with van der Waals surface area (Å²) >= 11 is 0. The first-order valence-electron chi connectivity index (χ1n) is 5.80. The lowest BCUT2D eigenvalue weighted by Gasteiger charge is -2.54.